The fourth-order valence-electron chi connectivity index (χ4n) is 7.44. The van der Waals surface area contributed by atoms with Gasteiger partial charge in [0, 0.05) is 11.1 Å². The maximum atomic E-state index is 13.5. The molecule has 0 spiro atoms. The van der Waals surface area contributed by atoms with Gasteiger partial charge in [-0.05, 0) is 98.4 Å². The van der Waals surface area contributed by atoms with Crippen molar-refractivity contribution >= 4 is 17.5 Å². The van der Waals surface area contributed by atoms with Gasteiger partial charge >= 0.3 is 0 Å². The van der Waals surface area contributed by atoms with Crippen molar-refractivity contribution in [3.8, 4) is 0 Å². The van der Waals surface area contributed by atoms with Crippen molar-refractivity contribution in [1.82, 2.24) is 5.32 Å². The van der Waals surface area contributed by atoms with Crippen LogP contribution in [0.1, 0.15) is 70.4 Å². The first-order valence-electron chi connectivity index (χ1n) is 13.4. The molecule has 3 aromatic rings. The Hall–Kier alpha value is -3.40. The van der Waals surface area contributed by atoms with Crippen LogP contribution in [0, 0.1) is 17.8 Å². The fourth-order valence-corrected chi connectivity index (χ4v) is 7.44. The summed E-state index contributed by atoms with van der Waals surface area (Å²) >= 11 is 0. The zero-order valence-corrected chi connectivity index (χ0v) is 20.7. The number of para-hydroxylation sites is 1. The summed E-state index contributed by atoms with van der Waals surface area (Å²) in [6.45, 7) is 0. The SMILES string of the molecule is O=C(Nc1ccccc1C(=O)NC12CC3CC(CC(C3)C1)C2)c1ccccc1CCc1ccccc1. The Bertz CT molecular complexity index is 1230. The van der Waals surface area contributed by atoms with Crippen molar-refractivity contribution in [3.63, 3.8) is 0 Å². The standard InChI is InChI=1S/C32H34N2O2/c35-30(27-11-5-4-10-26(27)15-14-22-8-2-1-3-9-22)33-29-13-7-6-12-28(29)31(36)34-32-19-23-16-24(20-32)18-25(17-23)21-32/h1-13,23-25H,14-21H2,(H,33,35)(H,34,36). The van der Waals surface area contributed by atoms with Gasteiger partial charge in [0.1, 0.15) is 0 Å². The van der Waals surface area contributed by atoms with Gasteiger partial charge in [0.25, 0.3) is 11.8 Å². The first-order valence-corrected chi connectivity index (χ1v) is 13.4. The number of nitrogens with one attached hydrogen (secondary N) is 2. The average molecular weight is 479 g/mol. The molecule has 36 heavy (non-hydrogen) atoms. The van der Waals surface area contributed by atoms with Crippen molar-refractivity contribution < 1.29 is 9.59 Å². The zero-order chi connectivity index (χ0) is 24.5. The molecule has 2 N–H and O–H groups in total. The normalized spacial score (nSPS) is 25.9. The van der Waals surface area contributed by atoms with Gasteiger partial charge in [-0.2, -0.15) is 0 Å². The Balaban J connectivity index is 1.18. The Labute approximate surface area is 213 Å². The summed E-state index contributed by atoms with van der Waals surface area (Å²) in [5, 5.41) is 6.51. The second-order valence-corrected chi connectivity index (χ2v) is 11.3. The minimum Gasteiger partial charge on any atom is -0.347 e. The minimum atomic E-state index is -0.172. The predicted octanol–water partition coefficient (Wildman–Crippen LogP) is 6.42. The van der Waals surface area contributed by atoms with E-state index in [-0.39, 0.29) is 17.4 Å². The lowest BCUT2D eigenvalue weighted by atomic mass is 9.53. The number of rotatable bonds is 7. The van der Waals surface area contributed by atoms with Gasteiger partial charge in [-0.3, -0.25) is 9.59 Å². The summed E-state index contributed by atoms with van der Waals surface area (Å²) in [5.74, 6) is 2.05. The Morgan fingerprint density at radius 2 is 1.25 bits per heavy atom. The number of aryl methyl sites for hydroxylation is 2. The summed E-state index contributed by atoms with van der Waals surface area (Å²) in [5.41, 5.74) is 3.97. The van der Waals surface area contributed by atoms with E-state index in [9.17, 15) is 9.59 Å². The Morgan fingerprint density at radius 3 is 1.94 bits per heavy atom. The van der Waals surface area contributed by atoms with E-state index in [4.69, 9.17) is 0 Å². The van der Waals surface area contributed by atoms with Gasteiger partial charge in [-0.25, -0.2) is 0 Å². The second kappa shape index (κ2) is 9.57. The molecular weight excluding hydrogens is 444 g/mol. The van der Waals surface area contributed by atoms with Crippen molar-refractivity contribution in [3.05, 3.63) is 101 Å². The number of anilines is 1. The number of benzene rings is 3. The molecule has 0 aliphatic heterocycles. The number of hydrogen-bond acceptors (Lipinski definition) is 2. The number of amides is 2. The molecule has 3 aromatic carbocycles. The number of carbonyl (C=O) groups excluding carboxylic acids is 2. The lowest BCUT2D eigenvalue weighted by Crippen LogP contribution is -2.59. The molecule has 0 saturated heterocycles. The fraction of sp³-hybridized carbons (Fsp3) is 0.375. The largest absolute Gasteiger partial charge is 0.347 e. The quantitative estimate of drug-likeness (QED) is 0.411. The molecule has 0 heterocycles. The van der Waals surface area contributed by atoms with E-state index in [0.717, 1.165) is 55.4 Å². The second-order valence-electron chi connectivity index (χ2n) is 11.3. The van der Waals surface area contributed by atoms with Crippen LogP contribution in [0.25, 0.3) is 0 Å². The molecule has 4 saturated carbocycles. The van der Waals surface area contributed by atoms with Gasteiger partial charge in [-0.1, -0.05) is 60.7 Å². The summed E-state index contributed by atoms with van der Waals surface area (Å²) in [6.07, 6.45) is 8.98. The average Bonchev–Trinajstić information content (AvgIpc) is 2.87. The van der Waals surface area contributed by atoms with E-state index < -0.39 is 0 Å². The summed E-state index contributed by atoms with van der Waals surface area (Å²) in [4.78, 5) is 26.9. The highest BCUT2D eigenvalue weighted by Crippen LogP contribution is 2.55. The number of hydrogen-bond donors (Lipinski definition) is 2. The maximum Gasteiger partial charge on any atom is 0.255 e. The van der Waals surface area contributed by atoms with E-state index >= 15 is 0 Å². The van der Waals surface area contributed by atoms with Gasteiger partial charge in [-0.15, -0.1) is 0 Å². The van der Waals surface area contributed by atoms with E-state index in [2.05, 4.69) is 22.8 Å². The minimum absolute atomic E-state index is 0.0625. The summed E-state index contributed by atoms with van der Waals surface area (Å²) < 4.78 is 0. The molecule has 7 rings (SSSR count). The molecule has 0 atom stereocenters. The van der Waals surface area contributed by atoms with Crippen LogP contribution in [0.5, 0.6) is 0 Å². The van der Waals surface area contributed by atoms with Gasteiger partial charge < -0.3 is 10.6 Å². The van der Waals surface area contributed by atoms with Crippen molar-refractivity contribution in [1.29, 1.82) is 0 Å². The third-order valence-corrected chi connectivity index (χ3v) is 8.62. The highest BCUT2D eigenvalue weighted by molar-refractivity contribution is 6.09. The van der Waals surface area contributed by atoms with Crippen molar-refractivity contribution in [2.75, 3.05) is 5.32 Å². The first kappa shape index (κ1) is 23.0. The molecule has 4 heteroatoms. The third-order valence-electron chi connectivity index (χ3n) is 8.62. The molecule has 4 aliphatic rings. The smallest absolute Gasteiger partial charge is 0.255 e. The number of carbonyl (C=O) groups is 2. The molecule has 184 valence electrons. The van der Waals surface area contributed by atoms with Crippen LogP contribution in [0.15, 0.2) is 78.9 Å². The van der Waals surface area contributed by atoms with Crippen molar-refractivity contribution in [2.45, 2.75) is 56.9 Å². The monoisotopic (exact) mass is 478 g/mol. The molecule has 2 amide bonds. The maximum absolute atomic E-state index is 13.5. The van der Waals surface area contributed by atoms with Gasteiger partial charge in [0.05, 0.1) is 11.3 Å². The third kappa shape index (κ3) is 4.69. The molecular formula is C32H34N2O2. The van der Waals surface area contributed by atoms with Crippen LogP contribution in [0.2, 0.25) is 0 Å². The van der Waals surface area contributed by atoms with E-state index in [0.29, 0.717) is 16.8 Å². The highest BCUT2D eigenvalue weighted by atomic mass is 16.2. The van der Waals surface area contributed by atoms with Crippen LogP contribution in [0.4, 0.5) is 5.69 Å². The van der Waals surface area contributed by atoms with E-state index in [1.165, 1.54) is 24.8 Å². The lowest BCUT2D eigenvalue weighted by Gasteiger charge is -2.56. The summed E-state index contributed by atoms with van der Waals surface area (Å²) in [7, 11) is 0. The Morgan fingerprint density at radius 1 is 0.667 bits per heavy atom. The van der Waals surface area contributed by atoms with Crippen molar-refractivity contribution in [2.24, 2.45) is 17.8 Å². The zero-order valence-electron chi connectivity index (χ0n) is 20.7. The molecule has 4 aliphatic carbocycles. The van der Waals surface area contributed by atoms with Crippen LogP contribution in [0.3, 0.4) is 0 Å². The van der Waals surface area contributed by atoms with E-state index in [1.807, 2.05) is 66.7 Å². The predicted molar refractivity (Wildman–Crippen MR) is 143 cm³/mol. The first-order chi connectivity index (χ1) is 17.6. The molecule has 4 nitrogen and oxygen atoms in total. The molecule has 0 radical (unpaired) electrons. The topological polar surface area (TPSA) is 58.2 Å². The molecule has 4 bridgehead atoms. The van der Waals surface area contributed by atoms with Crippen LogP contribution in [-0.4, -0.2) is 17.4 Å². The lowest BCUT2D eigenvalue weighted by molar-refractivity contribution is -0.0166. The van der Waals surface area contributed by atoms with Crippen LogP contribution < -0.4 is 10.6 Å². The van der Waals surface area contributed by atoms with Crippen LogP contribution >= 0.6 is 0 Å². The molecule has 0 unspecified atom stereocenters. The van der Waals surface area contributed by atoms with Crippen LogP contribution in [-0.2, 0) is 12.8 Å². The summed E-state index contributed by atoms with van der Waals surface area (Å²) in [6, 6.07) is 25.5. The molecule has 0 aromatic heterocycles. The van der Waals surface area contributed by atoms with Gasteiger partial charge in [0.2, 0.25) is 0 Å². The molecule has 4 fully saturated rings. The van der Waals surface area contributed by atoms with Gasteiger partial charge in [0.15, 0.2) is 0 Å². The highest BCUT2D eigenvalue weighted by Gasteiger charge is 2.51. The van der Waals surface area contributed by atoms with E-state index in [1.54, 1.807) is 0 Å². The Kier molecular flexibility index (Phi) is 6.12.